The van der Waals surface area contributed by atoms with Crippen LogP contribution >= 0.6 is 34.8 Å². The number of halogens is 3. The van der Waals surface area contributed by atoms with E-state index < -0.39 is 0 Å². The second-order valence-electron chi connectivity index (χ2n) is 3.09. The highest BCUT2D eigenvalue weighted by molar-refractivity contribution is 6.51. The van der Waals surface area contributed by atoms with E-state index in [0.29, 0.717) is 22.3 Å². The zero-order chi connectivity index (χ0) is 11.0. The van der Waals surface area contributed by atoms with Crippen molar-refractivity contribution in [2.24, 2.45) is 0 Å². The molecule has 0 aliphatic carbocycles. The maximum Gasteiger partial charge on any atom is 0.271 e. The molecule has 1 aromatic carbocycles. The SMILES string of the molecule is O=C1C(Cl)=C(Cl)CN1c1cccc(Cl)c1. The monoisotopic (exact) mass is 261 g/mol. The highest BCUT2D eigenvalue weighted by Crippen LogP contribution is 2.30. The van der Waals surface area contributed by atoms with Crippen molar-refractivity contribution >= 4 is 46.4 Å². The van der Waals surface area contributed by atoms with Gasteiger partial charge in [-0.15, -0.1) is 0 Å². The predicted molar refractivity (Wildman–Crippen MR) is 62.5 cm³/mol. The number of hydrogen-bond acceptors (Lipinski definition) is 1. The molecule has 1 amide bonds. The Morgan fingerprint density at radius 2 is 1.93 bits per heavy atom. The van der Waals surface area contributed by atoms with Gasteiger partial charge in [0.15, 0.2) is 0 Å². The first-order valence-electron chi connectivity index (χ1n) is 4.21. The van der Waals surface area contributed by atoms with Gasteiger partial charge in [-0.05, 0) is 18.2 Å². The standard InChI is InChI=1S/C10H6Cl3NO/c11-6-2-1-3-7(4-6)14-5-8(12)9(13)10(14)15/h1-4H,5H2. The molecule has 0 saturated heterocycles. The molecule has 0 fully saturated rings. The minimum atomic E-state index is -0.288. The Kier molecular flexibility index (Phi) is 2.91. The number of carbonyl (C=O) groups is 1. The number of hydrogen-bond donors (Lipinski definition) is 0. The van der Waals surface area contributed by atoms with Crippen LogP contribution in [-0.4, -0.2) is 12.5 Å². The van der Waals surface area contributed by atoms with Gasteiger partial charge in [-0.2, -0.15) is 0 Å². The Balaban J connectivity index is 2.33. The van der Waals surface area contributed by atoms with E-state index in [1.807, 2.05) is 0 Å². The van der Waals surface area contributed by atoms with Crippen molar-refractivity contribution in [3.63, 3.8) is 0 Å². The van der Waals surface area contributed by atoms with E-state index in [1.54, 1.807) is 24.3 Å². The van der Waals surface area contributed by atoms with Crippen molar-refractivity contribution in [1.29, 1.82) is 0 Å². The molecule has 0 unspecified atom stereocenters. The van der Waals surface area contributed by atoms with E-state index in [9.17, 15) is 4.79 Å². The summed E-state index contributed by atoms with van der Waals surface area (Å²) in [5.74, 6) is -0.288. The Morgan fingerprint density at radius 1 is 1.20 bits per heavy atom. The van der Waals surface area contributed by atoms with Gasteiger partial charge >= 0.3 is 0 Å². The number of carbonyl (C=O) groups excluding carboxylic acids is 1. The minimum Gasteiger partial charge on any atom is -0.302 e. The number of rotatable bonds is 1. The summed E-state index contributed by atoms with van der Waals surface area (Å²) in [5, 5.41) is 1.01. The van der Waals surface area contributed by atoms with Crippen molar-refractivity contribution < 1.29 is 4.79 Å². The lowest BCUT2D eigenvalue weighted by atomic mass is 10.3. The quantitative estimate of drug-likeness (QED) is 0.760. The Bertz CT molecular complexity index is 456. The van der Waals surface area contributed by atoms with Gasteiger partial charge in [0.05, 0.1) is 11.6 Å². The maximum atomic E-state index is 11.6. The minimum absolute atomic E-state index is 0.0802. The number of nitrogens with zero attached hydrogens (tertiary/aromatic N) is 1. The largest absolute Gasteiger partial charge is 0.302 e. The van der Waals surface area contributed by atoms with E-state index in [0.717, 1.165) is 0 Å². The number of amides is 1. The van der Waals surface area contributed by atoms with Crippen LogP contribution in [0.2, 0.25) is 5.02 Å². The molecule has 2 nitrogen and oxygen atoms in total. The number of benzene rings is 1. The molecule has 0 N–H and O–H groups in total. The first kappa shape index (κ1) is 10.8. The van der Waals surface area contributed by atoms with Gasteiger partial charge < -0.3 is 4.90 Å². The van der Waals surface area contributed by atoms with Crippen LogP contribution in [-0.2, 0) is 4.79 Å². The van der Waals surface area contributed by atoms with Crippen LogP contribution in [0.15, 0.2) is 34.3 Å². The van der Waals surface area contributed by atoms with E-state index in [-0.39, 0.29) is 10.9 Å². The van der Waals surface area contributed by atoms with Crippen LogP contribution in [0.5, 0.6) is 0 Å². The van der Waals surface area contributed by atoms with Crippen molar-refractivity contribution in [3.05, 3.63) is 39.4 Å². The van der Waals surface area contributed by atoms with Crippen LogP contribution < -0.4 is 4.90 Å². The second kappa shape index (κ2) is 4.05. The molecule has 1 heterocycles. The molecule has 0 atom stereocenters. The first-order valence-corrected chi connectivity index (χ1v) is 5.34. The second-order valence-corrected chi connectivity index (χ2v) is 4.36. The summed E-state index contributed by atoms with van der Waals surface area (Å²) < 4.78 is 0. The fraction of sp³-hybridized carbons (Fsp3) is 0.100. The average Bonchev–Trinajstić information content (AvgIpc) is 2.46. The fourth-order valence-corrected chi connectivity index (χ4v) is 1.91. The zero-order valence-electron chi connectivity index (χ0n) is 7.51. The zero-order valence-corrected chi connectivity index (χ0v) is 9.77. The molecule has 0 saturated carbocycles. The van der Waals surface area contributed by atoms with Crippen molar-refractivity contribution in [3.8, 4) is 0 Å². The molecule has 2 rings (SSSR count). The van der Waals surface area contributed by atoms with Crippen LogP contribution in [0.3, 0.4) is 0 Å². The Morgan fingerprint density at radius 3 is 2.47 bits per heavy atom. The molecule has 0 bridgehead atoms. The van der Waals surface area contributed by atoms with E-state index in [2.05, 4.69) is 0 Å². The van der Waals surface area contributed by atoms with Gasteiger partial charge in [-0.25, -0.2) is 0 Å². The molecule has 5 heteroatoms. The molecule has 0 aromatic heterocycles. The van der Waals surface area contributed by atoms with Gasteiger partial charge in [0.2, 0.25) is 0 Å². The molecule has 15 heavy (non-hydrogen) atoms. The Hall–Kier alpha value is -0.700. The molecule has 1 aliphatic rings. The van der Waals surface area contributed by atoms with Gasteiger partial charge in [0.1, 0.15) is 5.03 Å². The molecule has 0 radical (unpaired) electrons. The highest BCUT2D eigenvalue weighted by Gasteiger charge is 2.29. The third kappa shape index (κ3) is 1.98. The fourth-order valence-electron chi connectivity index (χ4n) is 1.37. The lowest BCUT2D eigenvalue weighted by molar-refractivity contribution is -0.114. The molecule has 1 aromatic rings. The molecule has 1 aliphatic heterocycles. The topological polar surface area (TPSA) is 20.3 Å². The summed E-state index contributed by atoms with van der Waals surface area (Å²) in [6.07, 6.45) is 0. The highest BCUT2D eigenvalue weighted by atomic mass is 35.5. The maximum absolute atomic E-state index is 11.6. The summed E-state index contributed by atoms with van der Waals surface area (Å²) >= 11 is 17.3. The Labute approximate surface area is 102 Å². The average molecular weight is 263 g/mol. The van der Waals surface area contributed by atoms with Crippen LogP contribution in [0, 0.1) is 0 Å². The first-order chi connectivity index (χ1) is 7.09. The molecule has 78 valence electrons. The van der Waals surface area contributed by atoms with Crippen LogP contribution in [0.25, 0.3) is 0 Å². The van der Waals surface area contributed by atoms with Gasteiger partial charge in [-0.1, -0.05) is 40.9 Å². The van der Waals surface area contributed by atoms with Crippen molar-refractivity contribution in [1.82, 2.24) is 0 Å². The van der Waals surface area contributed by atoms with Gasteiger partial charge in [-0.3, -0.25) is 4.79 Å². The smallest absolute Gasteiger partial charge is 0.271 e. The lowest BCUT2D eigenvalue weighted by Crippen LogP contribution is -2.25. The molecule has 0 spiro atoms. The van der Waals surface area contributed by atoms with Crippen LogP contribution in [0.4, 0.5) is 5.69 Å². The predicted octanol–water partition coefficient (Wildman–Crippen LogP) is 3.38. The van der Waals surface area contributed by atoms with Gasteiger partial charge in [0.25, 0.3) is 5.91 Å². The molecular formula is C10H6Cl3NO. The third-order valence-electron chi connectivity index (χ3n) is 2.09. The summed E-state index contributed by atoms with van der Waals surface area (Å²) in [5.41, 5.74) is 0.696. The van der Waals surface area contributed by atoms with Gasteiger partial charge in [0, 0.05) is 10.7 Å². The van der Waals surface area contributed by atoms with Crippen molar-refractivity contribution in [2.45, 2.75) is 0 Å². The normalized spacial score (nSPS) is 16.5. The van der Waals surface area contributed by atoms with Crippen LogP contribution in [0.1, 0.15) is 0 Å². The van der Waals surface area contributed by atoms with E-state index in [1.165, 1.54) is 4.90 Å². The third-order valence-corrected chi connectivity index (χ3v) is 3.12. The van der Waals surface area contributed by atoms with E-state index >= 15 is 0 Å². The molecular weight excluding hydrogens is 256 g/mol. The summed E-state index contributed by atoms with van der Waals surface area (Å²) in [7, 11) is 0. The lowest BCUT2D eigenvalue weighted by Gasteiger charge is -2.15. The van der Waals surface area contributed by atoms with E-state index in [4.69, 9.17) is 34.8 Å². The van der Waals surface area contributed by atoms with Crippen molar-refractivity contribution in [2.75, 3.05) is 11.4 Å². The summed E-state index contributed by atoms with van der Waals surface area (Å²) in [6, 6.07) is 6.98. The number of anilines is 1. The summed E-state index contributed by atoms with van der Waals surface area (Å²) in [6.45, 7) is 0.305. The summed E-state index contributed by atoms with van der Waals surface area (Å²) in [4.78, 5) is 13.1.